The first kappa shape index (κ1) is 17.2. The van der Waals surface area contributed by atoms with Crippen LogP contribution in [0.5, 0.6) is 0 Å². The standard InChI is InChI=1S/C13H17F3N2O.ClH/c1-9(19)18-6-5-17-8-12(18)10-3-2-4-11(7-10)13(14,15)16;/h2-4,7,9,12,17,19H,5-6,8H2,1H3;1H. The minimum absolute atomic E-state index is 0. The number of alkyl halides is 3. The second kappa shape index (κ2) is 6.76. The van der Waals surface area contributed by atoms with Crippen LogP contribution < -0.4 is 5.32 Å². The summed E-state index contributed by atoms with van der Waals surface area (Å²) in [4.78, 5) is 1.80. The first-order valence-electron chi connectivity index (χ1n) is 6.21. The van der Waals surface area contributed by atoms with Crippen LogP contribution in [-0.4, -0.2) is 35.9 Å². The van der Waals surface area contributed by atoms with Crippen LogP contribution >= 0.6 is 12.4 Å². The number of rotatable bonds is 2. The summed E-state index contributed by atoms with van der Waals surface area (Å²) >= 11 is 0. The van der Waals surface area contributed by atoms with Crippen molar-refractivity contribution in [1.29, 1.82) is 0 Å². The number of aliphatic hydroxyl groups excluding tert-OH is 1. The Balaban J connectivity index is 0.00000200. The van der Waals surface area contributed by atoms with Crippen molar-refractivity contribution < 1.29 is 18.3 Å². The topological polar surface area (TPSA) is 35.5 Å². The molecule has 0 spiro atoms. The predicted molar refractivity (Wildman–Crippen MR) is 72.7 cm³/mol. The average Bonchev–Trinajstić information content (AvgIpc) is 2.38. The lowest BCUT2D eigenvalue weighted by molar-refractivity contribution is -0.137. The molecule has 1 heterocycles. The zero-order valence-electron chi connectivity index (χ0n) is 11.0. The van der Waals surface area contributed by atoms with Gasteiger partial charge in [-0.25, -0.2) is 0 Å². The van der Waals surface area contributed by atoms with E-state index < -0.39 is 18.0 Å². The quantitative estimate of drug-likeness (QED) is 0.880. The van der Waals surface area contributed by atoms with Gasteiger partial charge in [0.15, 0.2) is 0 Å². The molecule has 0 saturated carbocycles. The normalized spacial score (nSPS) is 22.1. The fourth-order valence-corrected chi connectivity index (χ4v) is 2.40. The van der Waals surface area contributed by atoms with E-state index in [0.29, 0.717) is 18.7 Å². The SMILES string of the molecule is CC(O)N1CCNCC1c1cccc(C(F)(F)F)c1.Cl. The molecular formula is C13H18ClF3N2O. The number of hydrogen-bond acceptors (Lipinski definition) is 3. The Hall–Kier alpha value is -0.820. The monoisotopic (exact) mass is 310 g/mol. The first-order chi connectivity index (χ1) is 8.89. The van der Waals surface area contributed by atoms with Crippen molar-refractivity contribution in [3.05, 3.63) is 35.4 Å². The molecule has 0 radical (unpaired) electrons. The summed E-state index contributed by atoms with van der Waals surface area (Å²) in [6.45, 7) is 3.50. The third-order valence-electron chi connectivity index (χ3n) is 3.36. The summed E-state index contributed by atoms with van der Waals surface area (Å²) in [7, 11) is 0. The third-order valence-corrected chi connectivity index (χ3v) is 3.36. The molecule has 1 aliphatic heterocycles. The molecule has 2 N–H and O–H groups in total. The Morgan fingerprint density at radius 1 is 1.40 bits per heavy atom. The number of halogens is 4. The zero-order valence-corrected chi connectivity index (χ0v) is 11.8. The van der Waals surface area contributed by atoms with Crippen LogP contribution in [0.3, 0.4) is 0 Å². The molecule has 0 amide bonds. The fourth-order valence-electron chi connectivity index (χ4n) is 2.40. The second-order valence-corrected chi connectivity index (χ2v) is 4.71. The van der Waals surface area contributed by atoms with Crippen LogP contribution in [0.15, 0.2) is 24.3 Å². The Morgan fingerprint density at radius 2 is 2.10 bits per heavy atom. The van der Waals surface area contributed by atoms with E-state index in [2.05, 4.69) is 5.32 Å². The fraction of sp³-hybridized carbons (Fsp3) is 0.538. The molecule has 0 bridgehead atoms. The summed E-state index contributed by atoms with van der Waals surface area (Å²) in [6.07, 6.45) is -5.02. The van der Waals surface area contributed by atoms with Gasteiger partial charge in [-0.1, -0.05) is 12.1 Å². The molecule has 7 heteroatoms. The maximum absolute atomic E-state index is 12.7. The van der Waals surface area contributed by atoms with E-state index in [9.17, 15) is 18.3 Å². The minimum Gasteiger partial charge on any atom is -0.379 e. The summed E-state index contributed by atoms with van der Waals surface area (Å²) < 4.78 is 38.1. The molecule has 3 nitrogen and oxygen atoms in total. The Kier molecular flexibility index (Phi) is 5.82. The molecule has 20 heavy (non-hydrogen) atoms. The number of aliphatic hydroxyl groups is 1. The van der Waals surface area contributed by atoms with Crippen LogP contribution in [0.4, 0.5) is 13.2 Å². The molecule has 2 unspecified atom stereocenters. The number of piperazine rings is 1. The van der Waals surface area contributed by atoms with Gasteiger partial charge in [0, 0.05) is 25.7 Å². The van der Waals surface area contributed by atoms with Crippen molar-refractivity contribution in [3.8, 4) is 0 Å². The van der Waals surface area contributed by atoms with E-state index in [1.165, 1.54) is 6.07 Å². The van der Waals surface area contributed by atoms with Crippen molar-refractivity contribution in [2.75, 3.05) is 19.6 Å². The van der Waals surface area contributed by atoms with Crippen LogP contribution in [0, 0.1) is 0 Å². The lowest BCUT2D eigenvalue weighted by Crippen LogP contribution is -2.49. The largest absolute Gasteiger partial charge is 0.416 e. The number of hydrogen-bond donors (Lipinski definition) is 2. The van der Waals surface area contributed by atoms with E-state index in [1.54, 1.807) is 17.9 Å². The number of nitrogens with zero attached hydrogens (tertiary/aromatic N) is 1. The van der Waals surface area contributed by atoms with Gasteiger partial charge in [0.25, 0.3) is 0 Å². The van der Waals surface area contributed by atoms with E-state index in [0.717, 1.165) is 18.7 Å². The number of nitrogens with one attached hydrogen (secondary N) is 1. The van der Waals surface area contributed by atoms with E-state index >= 15 is 0 Å². The highest BCUT2D eigenvalue weighted by molar-refractivity contribution is 5.85. The smallest absolute Gasteiger partial charge is 0.379 e. The highest BCUT2D eigenvalue weighted by Gasteiger charge is 2.32. The Morgan fingerprint density at radius 3 is 2.70 bits per heavy atom. The van der Waals surface area contributed by atoms with Gasteiger partial charge in [0.05, 0.1) is 5.56 Å². The summed E-state index contributed by atoms with van der Waals surface area (Å²) in [6, 6.07) is 5.06. The highest BCUT2D eigenvalue weighted by atomic mass is 35.5. The summed E-state index contributed by atoms with van der Waals surface area (Å²) in [5, 5.41) is 12.9. The molecule has 1 aromatic rings. The molecule has 1 fully saturated rings. The van der Waals surface area contributed by atoms with Crippen molar-refractivity contribution in [3.63, 3.8) is 0 Å². The summed E-state index contributed by atoms with van der Waals surface area (Å²) in [5.41, 5.74) is -0.0796. The zero-order chi connectivity index (χ0) is 14.0. The van der Waals surface area contributed by atoms with Gasteiger partial charge >= 0.3 is 6.18 Å². The third kappa shape index (κ3) is 3.85. The lowest BCUT2D eigenvalue weighted by atomic mass is 10.0. The predicted octanol–water partition coefficient (Wildman–Crippen LogP) is 2.41. The Bertz CT molecular complexity index is 440. The lowest BCUT2D eigenvalue weighted by Gasteiger charge is -2.38. The van der Waals surface area contributed by atoms with Gasteiger partial charge < -0.3 is 10.4 Å². The average molecular weight is 311 g/mol. The molecule has 0 aliphatic carbocycles. The van der Waals surface area contributed by atoms with E-state index in [1.807, 2.05) is 0 Å². The second-order valence-electron chi connectivity index (χ2n) is 4.71. The molecule has 1 saturated heterocycles. The van der Waals surface area contributed by atoms with Crippen LogP contribution in [0.1, 0.15) is 24.1 Å². The van der Waals surface area contributed by atoms with Crippen LogP contribution in [-0.2, 0) is 6.18 Å². The molecule has 114 valence electrons. The van der Waals surface area contributed by atoms with Gasteiger partial charge in [-0.05, 0) is 24.6 Å². The van der Waals surface area contributed by atoms with Crippen LogP contribution in [0.25, 0.3) is 0 Å². The van der Waals surface area contributed by atoms with Gasteiger partial charge in [-0.2, -0.15) is 13.2 Å². The van der Waals surface area contributed by atoms with Crippen molar-refractivity contribution in [2.24, 2.45) is 0 Å². The van der Waals surface area contributed by atoms with E-state index in [4.69, 9.17) is 0 Å². The Labute approximate surface area is 122 Å². The minimum atomic E-state index is -4.34. The maximum atomic E-state index is 12.7. The number of benzene rings is 1. The van der Waals surface area contributed by atoms with Crippen molar-refractivity contribution >= 4 is 12.4 Å². The first-order valence-corrected chi connectivity index (χ1v) is 6.21. The molecule has 1 aromatic carbocycles. The molecular weight excluding hydrogens is 293 g/mol. The van der Waals surface area contributed by atoms with Crippen LogP contribution in [0.2, 0.25) is 0 Å². The molecule has 0 aromatic heterocycles. The van der Waals surface area contributed by atoms with E-state index in [-0.39, 0.29) is 18.4 Å². The van der Waals surface area contributed by atoms with Gasteiger partial charge in [-0.3, -0.25) is 4.90 Å². The van der Waals surface area contributed by atoms with Crippen molar-refractivity contribution in [2.45, 2.75) is 25.4 Å². The molecule has 2 rings (SSSR count). The van der Waals surface area contributed by atoms with Gasteiger partial charge in [-0.15, -0.1) is 12.4 Å². The van der Waals surface area contributed by atoms with Crippen molar-refractivity contribution in [1.82, 2.24) is 10.2 Å². The van der Waals surface area contributed by atoms with Gasteiger partial charge in [0.2, 0.25) is 0 Å². The maximum Gasteiger partial charge on any atom is 0.416 e. The highest BCUT2D eigenvalue weighted by Crippen LogP contribution is 2.32. The molecule has 1 aliphatic rings. The summed E-state index contributed by atoms with van der Waals surface area (Å²) in [5.74, 6) is 0. The molecule has 2 atom stereocenters. The van der Waals surface area contributed by atoms with Gasteiger partial charge in [0.1, 0.15) is 6.23 Å².